The van der Waals surface area contributed by atoms with E-state index in [1.165, 1.54) is 25.3 Å². The molecule has 74 valence electrons. The Balaban J connectivity index is 3.21. The molecule has 2 N–H and O–H groups in total. The molecule has 0 aromatic heterocycles. The van der Waals surface area contributed by atoms with Crippen LogP contribution in [0, 0.1) is 4.91 Å². The number of nitrogens with one attached hydrogen (secondary N) is 1. The molecule has 0 atom stereocenters. The molecule has 0 amide bonds. The maximum Gasteiger partial charge on any atom is 0.193 e. The SMILES string of the molecule is COC(=S)c1cc(NO)ccc1N=O. The van der Waals surface area contributed by atoms with Gasteiger partial charge in [-0.15, -0.1) is 4.91 Å². The largest absolute Gasteiger partial charge is 0.486 e. The number of ether oxygens (including phenoxy) is 1. The maximum absolute atomic E-state index is 10.4. The molecule has 0 fully saturated rings. The van der Waals surface area contributed by atoms with Crippen molar-refractivity contribution in [2.24, 2.45) is 5.18 Å². The summed E-state index contributed by atoms with van der Waals surface area (Å²) in [5.41, 5.74) is 2.90. The van der Waals surface area contributed by atoms with Crippen molar-refractivity contribution >= 4 is 28.6 Å². The molecule has 0 heterocycles. The van der Waals surface area contributed by atoms with Gasteiger partial charge in [0.1, 0.15) is 5.69 Å². The van der Waals surface area contributed by atoms with E-state index >= 15 is 0 Å². The minimum atomic E-state index is 0.150. The number of thiocarbonyl (C=S) groups is 1. The number of hydrogen-bond donors (Lipinski definition) is 2. The van der Waals surface area contributed by atoms with Crippen molar-refractivity contribution in [1.82, 2.24) is 0 Å². The van der Waals surface area contributed by atoms with Gasteiger partial charge in [0.05, 0.1) is 18.4 Å². The van der Waals surface area contributed by atoms with Gasteiger partial charge in [-0.2, -0.15) is 0 Å². The number of nitroso groups, excluding NO2 is 1. The molecule has 5 nitrogen and oxygen atoms in total. The second kappa shape index (κ2) is 4.64. The van der Waals surface area contributed by atoms with Crippen LogP contribution < -0.4 is 5.48 Å². The monoisotopic (exact) mass is 212 g/mol. The number of methoxy groups -OCH3 is 1. The van der Waals surface area contributed by atoms with Crippen LogP contribution in [0.15, 0.2) is 23.4 Å². The van der Waals surface area contributed by atoms with E-state index in [1.807, 2.05) is 5.48 Å². The van der Waals surface area contributed by atoms with Crippen LogP contribution in [-0.2, 0) is 4.74 Å². The molecule has 1 rings (SSSR count). The van der Waals surface area contributed by atoms with Gasteiger partial charge in [0.15, 0.2) is 5.05 Å². The van der Waals surface area contributed by atoms with E-state index in [2.05, 4.69) is 5.18 Å². The number of nitrogens with zero attached hydrogens (tertiary/aromatic N) is 1. The minimum absolute atomic E-state index is 0.150. The first-order valence-corrected chi connectivity index (χ1v) is 4.09. The van der Waals surface area contributed by atoms with Gasteiger partial charge in [-0.05, 0) is 35.6 Å². The van der Waals surface area contributed by atoms with E-state index in [9.17, 15) is 4.91 Å². The van der Waals surface area contributed by atoms with Crippen LogP contribution in [0.1, 0.15) is 5.56 Å². The van der Waals surface area contributed by atoms with Crippen LogP contribution in [0.3, 0.4) is 0 Å². The number of benzene rings is 1. The molecule has 0 bridgehead atoms. The van der Waals surface area contributed by atoms with Gasteiger partial charge in [-0.25, -0.2) is 0 Å². The minimum Gasteiger partial charge on any atom is -0.486 e. The fraction of sp³-hybridized carbons (Fsp3) is 0.125. The average molecular weight is 212 g/mol. The first kappa shape index (κ1) is 10.6. The van der Waals surface area contributed by atoms with Gasteiger partial charge < -0.3 is 4.74 Å². The first-order chi connectivity index (χ1) is 6.72. The van der Waals surface area contributed by atoms with Crippen LogP contribution in [0.25, 0.3) is 0 Å². The summed E-state index contributed by atoms with van der Waals surface area (Å²) < 4.78 is 4.80. The molecule has 1 aromatic rings. The second-order valence-corrected chi connectivity index (χ2v) is 2.80. The summed E-state index contributed by atoms with van der Waals surface area (Å²) in [6, 6.07) is 4.41. The maximum atomic E-state index is 10.4. The molecular weight excluding hydrogens is 204 g/mol. The molecule has 0 aliphatic carbocycles. The molecule has 6 heteroatoms. The Kier molecular flexibility index (Phi) is 3.49. The number of rotatable bonds is 3. The van der Waals surface area contributed by atoms with Gasteiger partial charge in [0.25, 0.3) is 0 Å². The lowest BCUT2D eigenvalue weighted by Gasteiger charge is -2.06. The standard InChI is InChI=1S/C8H8N2O3S/c1-13-8(14)6-4-5(9-11)2-3-7(6)10-12/h2-4,9,11H,1H3. The molecule has 0 aliphatic heterocycles. The summed E-state index contributed by atoms with van der Waals surface area (Å²) >= 11 is 4.85. The Morgan fingerprint density at radius 3 is 2.86 bits per heavy atom. The summed E-state index contributed by atoms with van der Waals surface area (Å²) in [5.74, 6) is 0. The average Bonchev–Trinajstić information content (AvgIpc) is 2.27. The van der Waals surface area contributed by atoms with E-state index in [-0.39, 0.29) is 10.7 Å². The van der Waals surface area contributed by atoms with Crippen molar-refractivity contribution in [3.8, 4) is 0 Å². The summed E-state index contributed by atoms with van der Waals surface area (Å²) in [7, 11) is 1.40. The number of anilines is 1. The molecular formula is C8H8N2O3S. The Labute approximate surface area is 85.6 Å². The number of hydrogen-bond acceptors (Lipinski definition) is 6. The van der Waals surface area contributed by atoms with Crippen molar-refractivity contribution in [2.45, 2.75) is 0 Å². The normalized spacial score (nSPS) is 9.29. The highest BCUT2D eigenvalue weighted by atomic mass is 32.1. The summed E-state index contributed by atoms with van der Waals surface area (Å²) in [4.78, 5) is 10.4. The smallest absolute Gasteiger partial charge is 0.193 e. The van der Waals surface area contributed by atoms with Crippen LogP contribution >= 0.6 is 12.2 Å². The predicted molar refractivity (Wildman–Crippen MR) is 56.0 cm³/mol. The summed E-state index contributed by atoms with van der Waals surface area (Å²) in [6.45, 7) is 0. The van der Waals surface area contributed by atoms with E-state index < -0.39 is 0 Å². The van der Waals surface area contributed by atoms with Crippen molar-refractivity contribution in [3.63, 3.8) is 0 Å². The van der Waals surface area contributed by atoms with Crippen molar-refractivity contribution < 1.29 is 9.94 Å². The first-order valence-electron chi connectivity index (χ1n) is 3.68. The highest BCUT2D eigenvalue weighted by Crippen LogP contribution is 2.23. The zero-order valence-electron chi connectivity index (χ0n) is 7.35. The van der Waals surface area contributed by atoms with Crippen molar-refractivity contribution in [3.05, 3.63) is 28.7 Å². The summed E-state index contributed by atoms with van der Waals surface area (Å²) in [6.07, 6.45) is 0. The molecule has 0 spiro atoms. The molecule has 0 aliphatic rings. The molecule has 0 radical (unpaired) electrons. The quantitative estimate of drug-likeness (QED) is 0.456. The van der Waals surface area contributed by atoms with E-state index in [4.69, 9.17) is 22.2 Å². The third-order valence-corrected chi connectivity index (χ3v) is 2.02. The Morgan fingerprint density at radius 2 is 2.36 bits per heavy atom. The van der Waals surface area contributed by atoms with Gasteiger partial charge in [0.2, 0.25) is 0 Å². The second-order valence-electron chi connectivity index (χ2n) is 2.43. The molecule has 0 saturated heterocycles. The predicted octanol–water partition coefficient (Wildman–Crippen LogP) is 2.21. The molecule has 0 unspecified atom stereocenters. The van der Waals surface area contributed by atoms with Crippen LogP contribution in [0.2, 0.25) is 0 Å². The van der Waals surface area contributed by atoms with Gasteiger partial charge in [-0.1, -0.05) is 0 Å². The van der Waals surface area contributed by atoms with Crippen molar-refractivity contribution in [1.29, 1.82) is 0 Å². The van der Waals surface area contributed by atoms with Gasteiger partial charge in [-0.3, -0.25) is 10.7 Å². The van der Waals surface area contributed by atoms with Crippen LogP contribution in [0.5, 0.6) is 0 Å². The fourth-order valence-corrected chi connectivity index (χ4v) is 1.12. The highest BCUT2D eigenvalue weighted by molar-refractivity contribution is 7.80. The molecule has 14 heavy (non-hydrogen) atoms. The van der Waals surface area contributed by atoms with Gasteiger partial charge in [0, 0.05) is 0 Å². The third-order valence-electron chi connectivity index (χ3n) is 1.63. The topological polar surface area (TPSA) is 70.9 Å². The molecule has 1 aromatic carbocycles. The van der Waals surface area contributed by atoms with Crippen LogP contribution in [-0.4, -0.2) is 17.4 Å². The van der Waals surface area contributed by atoms with E-state index in [0.29, 0.717) is 11.3 Å². The lowest BCUT2D eigenvalue weighted by Crippen LogP contribution is -2.01. The summed E-state index contributed by atoms with van der Waals surface area (Å²) in [5, 5.41) is 11.6. The van der Waals surface area contributed by atoms with Crippen molar-refractivity contribution in [2.75, 3.05) is 12.6 Å². The zero-order chi connectivity index (χ0) is 10.6. The third kappa shape index (κ3) is 2.04. The lowest BCUT2D eigenvalue weighted by molar-refractivity contribution is 0.389. The Bertz CT molecular complexity index is 368. The van der Waals surface area contributed by atoms with Crippen LogP contribution in [0.4, 0.5) is 11.4 Å². The zero-order valence-corrected chi connectivity index (χ0v) is 8.17. The van der Waals surface area contributed by atoms with E-state index in [0.717, 1.165) is 0 Å². The fourth-order valence-electron chi connectivity index (χ4n) is 0.959. The highest BCUT2D eigenvalue weighted by Gasteiger charge is 2.09. The Hall–Kier alpha value is -1.53. The Morgan fingerprint density at radius 1 is 1.64 bits per heavy atom. The molecule has 0 saturated carbocycles. The van der Waals surface area contributed by atoms with E-state index in [1.54, 1.807) is 0 Å². The van der Waals surface area contributed by atoms with Gasteiger partial charge >= 0.3 is 0 Å². The lowest BCUT2D eigenvalue weighted by atomic mass is 10.1.